The van der Waals surface area contributed by atoms with E-state index in [1.54, 1.807) is 12.2 Å². The summed E-state index contributed by atoms with van der Waals surface area (Å²) in [6.45, 7) is 26.0. The fraction of sp³-hybridized carbons (Fsp3) is 0.111. The molecule has 1 aliphatic heterocycles. The van der Waals surface area contributed by atoms with Gasteiger partial charge in [-0.05, 0) is 90.1 Å². The van der Waals surface area contributed by atoms with E-state index >= 15 is 0 Å². The maximum absolute atomic E-state index is 7.13. The van der Waals surface area contributed by atoms with Crippen molar-refractivity contribution in [3.63, 3.8) is 0 Å². The highest BCUT2D eigenvalue weighted by atomic mass is 16.5. The minimum absolute atomic E-state index is 0.0896. The molecule has 0 amide bonds. The smallest absolute Gasteiger partial charge is 0.145 e. The SMILES string of the molecule is C=CC(=C)N(C1=CC2=C(C=Cc3c(cc(NC(=C)C)c4c3oc3ccccc34)C23c2ccccc2-c2ccccc23)C2Oc3ccccc3C12)/C(C)=C/C.C=CC=C. The standard InChI is InChI=1S/C50H40N2O2.C4H6/c1-7-30(5)52(31(6)8-2)43-28-41-35(49-47(43)37-20-12-16-24-45(37)54-49)26-25-34-40(50(41)38-21-13-9-17-32(38)33-18-10-14-22-39(33)50)27-42(51-29(3)4)46-36-19-11-15-23-44(36)53-48(34)46;1-3-4-2/h7-28,47,49,51H,1,3,5H2,2,4,6H3;3-4H,1-2H2/b31-8+;. The fourth-order valence-electron chi connectivity index (χ4n) is 9.63. The highest BCUT2D eigenvalue weighted by Crippen LogP contribution is 2.63. The Labute approximate surface area is 341 Å². The van der Waals surface area contributed by atoms with Crippen molar-refractivity contribution in [3.05, 3.63) is 234 Å². The van der Waals surface area contributed by atoms with E-state index < -0.39 is 5.41 Å². The number of nitrogens with zero attached hydrogens (tertiary/aromatic N) is 1. The topological polar surface area (TPSA) is 37.6 Å². The van der Waals surface area contributed by atoms with Gasteiger partial charge in [-0.15, -0.1) is 0 Å². The van der Waals surface area contributed by atoms with Crippen LogP contribution in [0.1, 0.15) is 54.5 Å². The lowest BCUT2D eigenvalue weighted by Gasteiger charge is -2.42. The van der Waals surface area contributed by atoms with Crippen LogP contribution in [0.3, 0.4) is 0 Å². The fourth-order valence-corrected chi connectivity index (χ4v) is 9.63. The number of rotatable bonds is 7. The second kappa shape index (κ2) is 14.2. The van der Waals surface area contributed by atoms with Crippen LogP contribution >= 0.6 is 0 Å². The van der Waals surface area contributed by atoms with Gasteiger partial charge in [-0.3, -0.25) is 0 Å². The molecule has 58 heavy (non-hydrogen) atoms. The number of anilines is 1. The van der Waals surface area contributed by atoms with Crippen LogP contribution in [0.2, 0.25) is 0 Å². The monoisotopic (exact) mass is 754 g/mol. The van der Waals surface area contributed by atoms with Crippen molar-refractivity contribution < 1.29 is 9.15 Å². The summed E-state index contributed by atoms with van der Waals surface area (Å²) < 4.78 is 14.1. The van der Waals surface area contributed by atoms with Gasteiger partial charge in [-0.1, -0.05) is 148 Å². The highest BCUT2D eigenvalue weighted by Gasteiger charge is 2.54. The van der Waals surface area contributed by atoms with E-state index in [0.29, 0.717) is 0 Å². The van der Waals surface area contributed by atoms with Gasteiger partial charge >= 0.3 is 0 Å². The van der Waals surface area contributed by atoms with Gasteiger partial charge in [0.1, 0.15) is 23.0 Å². The van der Waals surface area contributed by atoms with Gasteiger partial charge in [0.05, 0.1) is 22.4 Å². The number of allylic oxidation sites excluding steroid dienone is 8. The first kappa shape index (κ1) is 36.6. The van der Waals surface area contributed by atoms with Crippen LogP contribution in [-0.4, -0.2) is 11.0 Å². The summed E-state index contributed by atoms with van der Waals surface area (Å²) in [5.74, 6) is 0.812. The molecule has 1 spiro atoms. The number of hydrogen-bond acceptors (Lipinski definition) is 4. The lowest BCUT2D eigenvalue weighted by atomic mass is 9.62. The first-order valence-electron chi connectivity index (χ1n) is 19.8. The van der Waals surface area contributed by atoms with Crippen LogP contribution in [0.15, 0.2) is 211 Å². The van der Waals surface area contributed by atoms with Crippen molar-refractivity contribution in [2.75, 3.05) is 5.32 Å². The molecular formula is C54H46N2O2. The Balaban J connectivity index is 0.00000104. The number of fused-ring (bicyclic) bond motifs is 16. The Morgan fingerprint density at radius 2 is 1.45 bits per heavy atom. The van der Waals surface area contributed by atoms with Crippen LogP contribution in [0.25, 0.3) is 39.1 Å². The Morgan fingerprint density at radius 3 is 2.12 bits per heavy atom. The van der Waals surface area contributed by atoms with Crippen molar-refractivity contribution in [2.24, 2.45) is 0 Å². The quantitative estimate of drug-likeness (QED) is 0.165. The van der Waals surface area contributed by atoms with Crippen LogP contribution in [0.5, 0.6) is 5.75 Å². The van der Waals surface area contributed by atoms with Crippen LogP contribution in [0, 0.1) is 0 Å². The predicted molar refractivity (Wildman–Crippen MR) is 243 cm³/mol. The molecule has 284 valence electrons. The summed E-state index contributed by atoms with van der Waals surface area (Å²) >= 11 is 0. The molecule has 0 fully saturated rings. The zero-order valence-corrected chi connectivity index (χ0v) is 33.3. The minimum Gasteiger partial charge on any atom is -0.484 e. The lowest BCUT2D eigenvalue weighted by molar-refractivity contribution is 0.241. The van der Waals surface area contributed by atoms with Gasteiger partial charge in [0, 0.05) is 39.3 Å². The van der Waals surface area contributed by atoms with E-state index in [4.69, 9.17) is 9.15 Å². The first-order valence-corrected chi connectivity index (χ1v) is 19.8. The molecule has 0 saturated carbocycles. The van der Waals surface area contributed by atoms with E-state index in [0.717, 1.165) is 78.4 Å². The number of para-hydroxylation sites is 2. The molecule has 3 aliphatic carbocycles. The maximum Gasteiger partial charge on any atom is 0.145 e. The second-order valence-electron chi connectivity index (χ2n) is 15.2. The predicted octanol–water partition coefficient (Wildman–Crippen LogP) is 13.9. The highest BCUT2D eigenvalue weighted by molar-refractivity contribution is 6.15. The summed E-state index contributed by atoms with van der Waals surface area (Å²) in [4.78, 5) is 2.27. The largest absolute Gasteiger partial charge is 0.484 e. The molecule has 0 radical (unpaired) electrons. The van der Waals surface area contributed by atoms with Crippen molar-refractivity contribution in [1.82, 2.24) is 4.90 Å². The normalized spacial score (nSPS) is 17.6. The Hall–Kier alpha value is -7.04. The van der Waals surface area contributed by atoms with Crippen molar-refractivity contribution in [1.29, 1.82) is 0 Å². The molecule has 4 heteroatoms. The minimum atomic E-state index is -0.751. The van der Waals surface area contributed by atoms with Crippen molar-refractivity contribution >= 4 is 33.7 Å². The number of nitrogens with one attached hydrogen (secondary N) is 1. The van der Waals surface area contributed by atoms with Gasteiger partial charge in [0.25, 0.3) is 0 Å². The third-order valence-electron chi connectivity index (χ3n) is 12.0. The van der Waals surface area contributed by atoms with E-state index in [1.165, 1.54) is 27.8 Å². The third kappa shape index (κ3) is 5.21. The number of hydrogen-bond donors (Lipinski definition) is 1. The molecule has 2 atom stereocenters. The van der Waals surface area contributed by atoms with Gasteiger partial charge in [-0.2, -0.15) is 0 Å². The average Bonchev–Trinajstić information content (AvgIpc) is 3.89. The molecule has 10 rings (SSSR count). The molecule has 0 bridgehead atoms. The summed E-state index contributed by atoms with van der Waals surface area (Å²) in [6.07, 6.45) is 14.0. The molecule has 0 saturated heterocycles. The maximum atomic E-state index is 7.13. The molecular weight excluding hydrogens is 709 g/mol. The molecule has 6 aromatic rings. The zero-order chi connectivity index (χ0) is 40.3. The lowest BCUT2D eigenvalue weighted by Crippen LogP contribution is -2.38. The molecule has 1 aromatic heterocycles. The average molecular weight is 755 g/mol. The molecule has 4 aliphatic rings. The molecule has 4 nitrogen and oxygen atoms in total. The Bertz CT molecular complexity index is 2840. The second-order valence-corrected chi connectivity index (χ2v) is 15.2. The van der Waals surface area contributed by atoms with Crippen molar-refractivity contribution in [2.45, 2.75) is 38.2 Å². The Kier molecular flexibility index (Phi) is 8.93. The summed E-state index contributed by atoms with van der Waals surface area (Å²) in [5, 5.41) is 5.78. The van der Waals surface area contributed by atoms with E-state index in [9.17, 15) is 0 Å². The third-order valence-corrected chi connectivity index (χ3v) is 12.0. The number of benzene rings is 5. The van der Waals surface area contributed by atoms with Gasteiger partial charge in [0.2, 0.25) is 0 Å². The van der Waals surface area contributed by atoms with Gasteiger partial charge < -0.3 is 19.4 Å². The number of ether oxygens (including phenoxy) is 1. The van der Waals surface area contributed by atoms with Crippen LogP contribution in [-0.2, 0) is 5.41 Å². The molecule has 2 heterocycles. The number of furan rings is 1. The van der Waals surface area contributed by atoms with Crippen LogP contribution in [0.4, 0.5) is 5.69 Å². The zero-order valence-electron chi connectivity index (χ0n) is 33.3. The van der Waals surface area contributed by atoms with Gasteiger partial charge in [-0.25, -0.2) is 0 Å². The van der Waals surface area contributed by atoms with E-state index in [2.05, 4.69) is 178 Å². The summed E-state index contributed by atoms with van der Waals surface area (Å²) in [6, 6.07) is 36.9. The summed E-state index contributed by atoms with van der Waals surface area (Å²) in [5.41, 5.74) is 16.3. The van der Waals surface area contributed by atoms with Crippen molar-refractivity contribution in [3.8, 4) is 16.9 Å². The Morgan fingerprint density at radius 1 is 0.793 bits per heavy atom. The molecule has 2 unspecified atom stereocenters. The molecule has 1 N–H and O–H groups in total. The summed E-state index contributed by atoms with van der Waals surface area (Å²) in [7, 11) is 0. The van der Waals surface area contributed by atoms with E-state index in [-0.39, 0.29) is 12.0 Å². The molecule has 5 aromatic carbocycles. The van der Waals surface area contributed by atoms with Crippen LogP contribution < -0.4 is 10.1 Å². The van der Waals surface area contributed by atoms with E-state index in [1.807, 2.05) is 19.1 Å². The van der Waals surface area contributed by atoms with Gasteiger partial charge in [0.15, 0.2) is 0 Å². The first-order chi connectivity index (χ1) is 28.3.